The standard InChI is InChI=1S/C26H34N6O5S/c1-2-3-16-38(36,37)31-23(25(34)35)17-27-24(33)18-8-10-20(11-9-18)32-14-12-19(13-15-32)28-26-29-21-6-4-5-7-22(21)30-26/h4-11,19,23,31H,2-3,12-17H2,1H3,(H,27,33)(H,34,35)(H2,28,29,30). The number of nitrogens with zero attached hydrogens (tertiary/aromatic N) is 2. The van der Waals surface area contributed by atoms with Gasteiger partial charge in [0.25, 0.3) is 5.91 Å². The molecule has 1 aromatic heterocycles. The van der Waals surface area contributed by atoms with Crippen LogP contribution < -0.4 is 20.3 Å². The highest BCUT2D eigenvalue weighted by Crippen LogP contribution is 2.23. The Balaban J connectivity index is 1.26. The average molecular weight is 543 g/mol. The molecule has 4 rings (SSSR count). The third kappa shape index (κ3) is 7.23. The number of sulfonamides is 1. The molecule has 2 heterocycles. The van der Waals surface area contributed by atoms with Crippen molar-refractivity contribution in [2.75, 3.05) is 35.6 Å². The Hall–Kier alpha value is -3.64. The molecule has 0 spiro atoms. The Morgan fingerprint density at radius 2 is 1.84 bits per heavy atom. The lowest BCUT2D eigenvalue weighted by Crippen LogP contribution is -2.48. The molecule has 204 valence electrons. The molecule has 1 saturated heterocycles. The largest absolute Gasteiger partial charge is 0.480 e. The van der Waals surface area contributed by atoms with Crippen LogP contribution in [0.1, 0.15) is 43.0 Å². The van der Waals surface area contributed by atoms with E-state index in [1.54, 1.807) is 12.1 Å². The third-order valence-electron chi connectivity index (χ3n) is 6.57. The number of imidazole rings is 1. The van der Waals surface area contributed by atoms with E-state index in [4.69, 9.17) is 0 Å². The Bertz CT molecular complexity index is 1320. The van der Waals surface area contributed by atoms with Crippen molar-refractivity contribution in [3.8, 4) is 0 Å². The first kappa shape index (κ1) is 27.4. The number of para-hydroxylation sites is 2. The van der Waals surface area contributed by atoms with Crippen LogP contribution in [0.15, 0.2) is 48.5 Å². The van der Waals surface area contributed by atoms with Gasteiger partial charge in [0.05, 0.1) is 16.8 Å². The summed E-state index contributed by atoms with van der Waals surface area (Å²) in [6.07, 6.45) is 2.96. The summed E-state index contributed by atoms with van der Waals surface area (Å²) >= 11 is 0. The van der Waals surface area contributed by atoms with Crippen LogP contribution in [0.3, 0.4) is 0 Å². The molecule has 2 aromatic carbocycles. The van der Waals surface area contributed by atoms with E-state index >= 15 is 0 Å². The molecular formula is C26H34N6O5S. The SMILES string of the molecule is CCCCS(=O)(=O)NC(CNC(=O)c1ccc(N2CCC(Nc3nc4ccccc4[nH]3)CC2)cc1)C(=O)O. The monoisotopic (exact) mass is 542 g/mol. The van der Waals surface area contributed by atoms with E-state index in [2.05, 4.69) is 30.2 Å². The van der Waals surface area contributed by atoms with Crippen LogP contribution in [0.4, 0.5) is 11.6 Å². The highest BCUT2D eigenvalue weighted by Gasteiger charge is 2.25. The quantitative estimate of drug-likeness (QED) is 0.234. The van der Waals surface area contributed by atoms with E-state index in [0.717, 1.165) is 48.6 Å². The van der Waals surface area contributed by atoms with Gasteiger partial charge in [0.2, 0.25) is 16.0 Å². The summed E-state index contributed by atoms with van der Waals surface area (Å²) in [5.74, 6) is -1.20. The number of hydrogen-bond donors (Lipinski definition) is 5. The van der Waals surface area contributed by atoms with E-state index in [9.17, 15) is 23.1 Å². The van der Waals surface area contributed by atoms with Crippen molar-refractivity contribution in [1.29, 1.82) is 0 Å². The van der Waals surface area contributed by atoms with Gasteiger partial charge in [-0.15, -0.1) is 0 Å². The molecule has 1 unspecified atom stereocenters. The van der Waals surface area contributed by atoms with Gasteiger partial charge in [-0.25, -0.2) is 13.4 Å². The van der Waals surface area contributed by atoms with Gasteiger partial charge in [-0.05, 0) is 55.7 Å². The summed E-state index contributed by atoms with van der Waals surface area (Å²) in [5.41, 5.74) is 3.30. The van der Waals surface area contributed by atoms with E-state index < -0.39 is 27.9 Å². The van der Waals surface area contributed by atoms with Crippen molar-refractivity contribution in [3.63, 3.8) is 0 Å². The maximum Gasteiger partial charge on any atom is 0.323 e. The van der Waals surface area contributed by atoms with Crippen LogP contribution in [0, 0.1) is 0 Å². The molecule has 1 aliphatic rings. The second kappa shape index (κ2) is 12.3. The fourth-order valence-corrected chi connectivity index (χ4v) is 5.81. The Kier molecular flexibility index (Phi) is 8.85. The normalized spacial score (nSPS) is 15.3. The molecule has 0 aliphatic carbocycles. The number of hydrogen-bond acceptors (Lipinski definition) is 7. The number of aromatic amines is 1. The predicted molar refractivity (Wildman–Crippen MR) is 147 cm³/mol. The van der Waals surface area contributed by atoms with Crippen molar-refractivity contribution in [3.05, 3.63) is 54.1 Å². The van der Waals surface area contributed by atoms with Crippen molar-refractivity contribution < 1.29 is 23.1 Å². The first-order chi connectivity index (χ1) is 18.2. The van der Waals surface area contributed by atoms with Gasteiger partial charge in [0.15, 0.2) is 0 Å². The number of anilines is 2. The number of carbonyl (C=O) groups excluding carboxylic acids is 1. The van der Waals surface area contributed by atoms with Gasteiger partial charge < -0.3 is 25.6 Å². The van der Waals surface area contributed by atoms with Gasteiger partial charge >= 0.3 is 5.97 Å². The Labute approximate surface area is 222 Å². The summed E-state index contributed by atoms with van der Waals surface area (Å²) in [6.45, 7) is 3.19. The Morgan fingerprint density at radius 1 is 1.13 bits per heavy atom. The van der Waals surface area contributed by atoms with Crippen LogP contribution in [-0.4, -0.2) is 72.8 Å². The minimum atomic E-state index is -3.74. The zero-order valence-corrected chi connectivity index (χ0v) is 22.1. The number of carboxylic acid groups (broad SMARTS) is 1. The van der Waals surface area contributed by atoms with Crippen molar-refractivity contribution >= 4 is 44.6 Å². The number of fused-ring (bicyclic) bond motifs is 1. The lowest BCUT2D eigenvalue weighted by molar-refractivity contribution is -0.138. The highest BCUT2D eigenvalue weighted by atomic mass is 32.2. The van der Waals surface area contributed by atoms with Gasteiger partial charge in [0.1, 0.15) is 6.04 Å². The number of carbonyl (C=O) groups is 2. The first-order valence-corrected chi connectivity index (χ1v) is 14.5. The van der Waals surface area contributed by atoms with Crippen LogP contribution in [0.2, 0.25) is 0 Å². The number of piperidine rings is 1. The highest BCUT2D eigenvalue weighted by molar-refractivity contribution is 7.89. The smallest absolute Gasteiger partial charge is 0.323 e. The first-order valence-electron chi connectivity index (χ1n) is 12.8. The molecule has 38 heavy (non-hydrogen) atoms. The maximum absolute atomic E-state index is 12.6. The van der Waals surface area contributed by atoms with Gasteiger partial charge in [0, 0.05) is 36.9 Å². The molecule has 0 bridgehead atoms. The number of nitrogens with one attached hydrogen (secondary N) is 4. The van der Waals surface area contributed by atoms with Crippen molar-refractivity contribution in [2.45, 2.75) is 44.7 Å². The maximum atomic E-state index is 12.6. The molecule has 1 atom stereocenters. The number of aliphatic carboxylic acids is 1. The summed E-state index contributed by atoms with van der Waals surface area (Å²) in [5, 5.41) is 15.4. The number of rotatable bonds is 12. The number of amides is 1. The molecule has 1 aliphatic heterocycles. The summed E-state index contributed by atoms with van der Waals surface area (Å²) in [7, 11) is -3.74. The second-order valence-corrected chi connectivity index (χ2v) is 11.3. The molecule has 12 heteroatoms. The number of H-pyrrole nitrogens is 1. The average Bonchev–Trinajstić information content (AvgIpc) is 3.32. The summed E-state index contributed by atoms with van der Waals surface area (Å²) in [4.78, 5) is 34.2. The van der Waals surface area contributed by atoms with E-state index in [0.29, 0.717) is 24.4 Å². The molecule has 5 N–H and O–H groups in total. The van der Waals surface area contributed by atoms with Crippen LogP contribution in [0.25, 0.3) is 11.0 Å². The van der Waals surface area contributed by atoms with Crippen LogP contribution in [-0.2, 0) is 14.8 Å². The second-order valence-electron chi connectivity index (χ2n) is 9.45. The lowest BCUT2D eigenvalue weighted by Gasteiger charge is -2.34. The fraction of sp³-hybridized carbons (Fsp3) is 0.423. The van der Waals surface area contributed by atoms with Crippen LogP contribution in [0.5, 0.6) is 0 Å². The summed E-state index contributed by atoms with van der Waals surface area (Å²) < 4.78 is 26.3. The minimum Gasteiger partial charge on any atom is -0.480 e. The molecule has 3 aromatic rings. The minimum absolute atomic E-state index is 0.157. The fourth-order valence-electron chi connectivity index (χ4n) is 4.41. The van der Waals surface area contributed by atoms with Crippen LogP contribution >= 0.6 is 0 Å². The molecule has 11 nitrogen and oxygen atoms in total. The number of benzene rings is 2. The molecule has 0 saturated carbocycles. The Morgan fingerprint density at radius 3 is 2.50 bits per heavy atom. The zero-order valence-electron chi connectivity index (χ0n) is 21.3. The van der Waals surface area contributed by atoms with E-state index in [1.165, 1.54) is 0 Å². The van der Waals surface area contributed by atoms with Gasteiger partial charge in [-0.1, -0.05) is 25.5 Å². The molecule has 1 fully saturated rings. The van der Waals surface area contributed by atoms with Crippen molar-refractivity contribution in [1.82, 2.24) is 20.0 Å². The number of aromatic nitrogens is 2. The molecule has 1 amide bonds. The van der Waals surface area contributed by atoms with E-state index in [1.807, 2.05) is 43.3 Å². The third-order valence-corrected chi connectivity index (χ3v) is 8.04. The van der Waals surface area contributed by atoms with Crippen molar-refractivity contribution in [2.24, 2.45) is 0 Å². The van der Waals surface area contributed by atoms with E-state index in [-0.39, 0.29) is 12.3 Å². The number of unbranched alkanes of at least 4 members (excludes halogenated alkanes) is 1. The predicted octanol–water partition coefficient (Wildman–Crippen LogP) is 2.55. The topological polar surface area (TPSA) is 157 Å². The number of carboxylic acids is 1. The van der Waals surface area contributed by atoms with Gasteiger partial charge in [-0.3, -0.25) is 9.59 Å². The lowest BCUT2D eigenvalue weighted by atomic mass is 10.0. The summed E-state index contributed by atoms with van der Waals surface area (Å²) in [6, 6.07) is 13.9. The zero-order chi connectivity index (χ0) is 27.1. The van der Waals surface area contributed by atoms with Gasteiger partial charge in [-0.2, -0.15) is 4.72 Å². The molecule has 0 radical (unpaired) electrons. The molecular weight excluding hydrogens is 508 g/mol.